The third-order valence-electron chi connectivity index (χ3n) is 4.28. The first kappa shape index (κ1) is 20.0. The number of urea groups is 2. The number of benzene rings is 1. The normalized spacial score (nSPS) is 16.5. The zero-order valence-corrected chi connectivity index (χ0v) is 16.4. The molecule has 0 bridgehead atoms. The second-order valence-electron chi connectivity index (χ2n) is 6.28. The maximum absolute atomic E-state index is 12.7. The Hall–Kier alpha value is -2.78. The number of carbonyl (C=O) groups excluding carboxylic acids is 3. The van der Waals surface area contributed by atoms with Crippen LogP contribution in [0.4, 0.5) is 15.3 Å². The molecule has 1 aromatic heterocycles. The van der Waals surface area contributed by atoms with Gasteiger partial charge >= 0.3 is 18.0 Å². The highest BCUT2D eigenvalue weighted by Crippen LogP contribution is 2.38. The lowest BCUT2D eigenvalue weighted by Gasteiger charge is -2.31. The van der Waals surface area contributed by atoms with Crippen molar-refractivity contribution in [2.45, 2.75) is 18.9 Å². The summed E-state index contributed by atoms with van der Waals surface area (Å²) in [7, 11) is 0. The standard InChI is InChI=1S/C18H19ClN4O4S/c19-12-6-2-1-5-11(12)14-8-13(22-17(20)25)15(28-14)16(24)27-10-4-3-7-23(9-10)18(21)26/h1-2,5-6,8,10H,3-4,7,9H2,(H2,21,26)(H3,20,22,25). The summed E-state index contributed by atoms with van der Waals surface area (Å²) in [6.45, 7) is 0.774. The van der Waals surface area contributed by atoms with Gasteiger partial charge in [-0.1, -0.05) is 29.8 Å². The predicted molar refractivity (Wildman–Crippen MR) is 108 cm³/mol. The Kier molecular flexibility index (Phi) is 6.05. The molecule has 10 heteroatoms. The maximum Gasteiger partial charge on any atom is 0.350 e. The number of esters is 1. The minimum atomic E-state index is -0.796. The highest BCUT2D eigenvalue weighted by Gasteiger charge is 2.28. The van der Waals surface area contributed by atoms with Crippen molar-refractivity contribution in [3.63, 3.8) is 0 Å². The first-order valence-electron chi connectivity index (χ1n) is 8.55. The molecule has 2 aromatic rings. The molecular weight excluding hydrogens is 404 g/mol. The number of halogens is 1. The van der Waals surface area contributed by atoms with Gasteiger partial charge in [0, 0.05) is 22.0 Å². The van der Waals surface area contributed by atoms with Crippen LogP contribution < -0.4 is 16.8 Å². The van der Waals surface area contributed by atoms with Crippen molar-refractivity contribution < 1.29 is 19.1 Å². The van der Waals surface area contributed by atoms with E-state index in [-0.39, 0.29) is 17.1 Å². The summed E-state index contributed by atoms with van der Waals surface area (Å²) in [6, 6.07) is 7.44. The Bertz CT molecular complexity index is 917. The zero-order chi connectivity index (χ0) is 20.3. The third kappa shape index (κ3) is 4.55. The van der Waals surface area contributed by atoms with E-state index in [4.69, 9.17) is 27.8 Å². The molecule has 2 heterocycles. The molecule has 1 aromatic carbocycles. The van der Waals surface area contributed by atoms with Crippen LogP contribution in [-0.4, -0.2) is 42.1 Å². The number of nitrogens with two attached hydrogens (primary N) is 2. The SMILES string of the molecule is NC(=O)Nc1cc(-c2ccccc2Cl)sc1C(=O)OC1CCCN(C(N)=O)C1. The molecule has 28 heavy (non-hydrogen) atoms. The van der Waals surface area contributed by atoms with E-state index in [0.717, 1.165) is 16.9 Å². The van der Waals surface area contributed by atoms with Crippen molar-refractivity contribution in [2.75, 3.05) is 18.4 Å². The number of anilines is 1. The van der Waals surface area contributed by atoms with E-state index in [1.54, 1.807) is 18.2 Å². The molecule has 0 radical (unpaired) electrons. The average molecular weight is 423 g/mol. The Balaban J connectivity index is 1.85. The summed E-state index contributed by atoms with van der Waals surface area (Å²) < 4.78 is 5.56. The number of ether oxygens (including phenoxy) is 1. The topological polar surface area (TPSA) is 128 Å². The van der Waals surface area contributed by atoms with Crippen LogP contribution in [0.1, 0.15) is 22.5 Å². The van der Waals surface area contributed by atoms with Crippen LogP contribution in [0.5, 0.6) is 0 Å². The number of hydrogen-bond acceptors (Lipinski definition) is 5. The summed E-state index contributed by atoms with van der Waals surface area (Å²) in [5, 5.41) is 2.96. The number of rotatable bonds is 4. The van der Waals surface area contributed by atoms with Crippen molar-refractivity contribution in [2.24, 2.45) is 11.5 Å². The smallest absolute Gasteiger partial charge is 0.350 e. The van der Waals surface area contributed by atoms with Crippen molar-refractivity contribution in [1.82, 2.24) is 4.90 Å². The molecule has 1 saturated heterocycles. The lowest BCUT2D eigenvalue weighted by Crippen LogP contribution is -2.46. The van der Waals surface area contributed by atoms with E-state index in [1.807, 2.05) is 12.1 Å². The highest BCUT2D eigenvalue weighted by atomic mass is 35.5. The predicted octanol–water partition coefficient (Wildman–Crippen LogP) is 3.26. The monoisotopic (exact) mass is 422 g/mol. The Morgan fingerprint density at radius 3 is 2.68 bits per heavy atom. The molecule has 1 aliphatic rings. The van der Waals surface area contributed by atoms with Gasteiger partial charge in [0.15, 0.2) is 0 Å². The fraction of sp³-hybridized carbons (Fsp3) is 0.278. The minimum Gasteiger partial charge on any atom is -0.456 e. The van der Waals surface area contributed by atoms with E-state index < -0.39 is 24.1 Å². The van der Waals surface area contributed by atoms with Gasteiger partial charge in [0.25, 0.3) is 0 Å². The molecule has 8 nitrogen and oxygen atoms in total. The van der Waals surface area contributed by atoms with Crippen LogP contribution in [0.15, 0.2) is 30.3 Å². The Morgan fingerprint density at radius 1 is 1.25 bits per heavy atom. The molecule has 3 rings (SSSR count). The van der Waals surface area contributed by atoms with Gasteiger partial charge in [0.05, 0.1) is 12.2 Å². The Labute approximate surface area is 170 Å². The minimum absolute atomic E-state index is 0.199. The van der Waals surface area contributed by atoms with Gasteiger partial charge in [-0.3, -0.25) is 0 Å². The van der Waals surface area contributed by atoms with E-state index in [9.17, 15) is 14.4 Å². The van der Waals surface area contributed by atoms with Gasteiger partial charge in [0.2, 0.25) is 0 Å². The van der Waals surface area contributed by atoms with Crippen molar-refractivity contribution >= 4 is 46.7 Å². The van der Waals surface area contributed by atoms with Crippen LogP contribution in [0, 0.1) is 0 Å². The third-order valence-corrected chi connectivity index (χ3v) is 5.76. The number of likely N-dealkylation sites (tertiary alicyclic amines) is 1. The van der Waals surface area contributed by atoms with Gasteiger partial charge < -0.3 is 26.4 Å². The van der Waals surface area contributed by atoms with E-state index in [1.165, 1.54) is 4.90 Å². The summed E-state index contributed by atoms with van der Waals surface area (Å²) in [5.41, 5.74) is 11.5. The van der Waals surface area contributed by atoms with Crippen LogP contribution in [0.3, 0.4) is 0 Å². The van der Waals surface area contributed by atoms with Gasteiger partial charge in [-0.2, -0.15) is 0 Å². The first-order chi connectivity index (χ1) is 13.3. The number of thiophene rings is 1. The Morgan fingerprint density at radius 2 is 2.00 bits per heavy atom. The largest absolute Gasteiger partial charge is 0.456 e. The van der Waals surface area contributed by atoms with Gasteiger partial charge in [0.1, 0.15) is 11.0 Å². The van der Waals surface area contributed by atoms with E-state index >= 15 is 0 Å². The number of piperidine rings is 1. The molecular formula is C18H19ClN4O4S. The summed E-state index contributed by atoms with van der Waals surface area (Å²) >= 11 is 7.37. The molecule has 0 aliphatic carbocycles. The second kappa shape index (κ2) is 8.49. The molecule has 148 valence electrons. The maximum atomic E-state index is 12.7. The fourth-order valence-corrected chi connectivity index (χ4v) is 4.33. The van der Waals surface area contributed by atoms with Gasteiger partial charge in [-0.15, -0.1) is 11.3 Å². The van der Waals surface area contributed by atoms with E-state index in [0.29, 0.717) is 29.3 Å². The molecule has 4 amide bonds. The molecule has 1 fully saturated rings. The first-order valence-corrected chi connectivity index (χ1v) is 9.75. The molecule has 0 saturated carbocycles. The van der Waals surface area contributed by atoms with Crippen LogP contribution in [0.2, 0.25) is 5.02 Å². The number of amides is 4. The quantitative estimate of drug-likeness (QED) is 0.653. The molecule has 5 N–H and O–H groups in total. The van der Waals surface area contributed by atoms with Crippen LogP contribution in [-0.2, 0) is 4.74 Å². The number of nitrogens with one attached hydrogen (secondary N) is 1. The summed E-state index contributed by atoms with van der Waals surface area (Å²) in [4.78, 5) is 37.8. The zero-order valence-electron chi connectivity index (χ0n) is 14.8. The number of primary amides is 2. The number of carbonyl (C=O) groups is 3. The van der Waals surface area contributed by atoms with Gasteiger partial charge in [-0.05, 0) is 25.0 Å². The number of nitrogens with zero attached hydrogens (tertiary/aromatic N) is 1. The van der Waals surface area contributed by atoms with Crippen LogP contribution in [0.25, 0.3) is 10.4 Å². The average Bonchev–Trinajstić information content (AvgIpc) is 3.05. The fourth-order valence-electron chi connectivity index (χ4n) is 3.00. The number of hydrogen-bond donors (Lipinski definition) is 3. The second-order valence-corrected chi connectivity index (χ2v) is 7.74. The molecule has 1 aliphatic heterocycles. The van der Waals surface area contributed by atoms with Crippen LogP contribution >= 0.6 is 22.9 Å². The molecule has 0 spiro atoms. The summed E-state index contributed by atoms with van der Waals surface area (Å²) in [5.74, 6) is -0.608. The lowest BCUT2D eigenvalue weighted by atomic mass is 10.1. The van der Waals surface area contributed by atoms with Crippen molar-refractivity contribution in [3.8, 4) is 10.4 Å². The van der Waals surface area contributed by atoms with Gasteiger partial charge in [-0.25, -0.2) is 14.4 Å². The van der Waals surface area contributed by atoms with E-state index in [2.05, 4.69) is 5.32 Å². The highest BCUT2D eigenvalue weighted by molar-refractivity contribution is 7.18. The van der Waals surface area contributed by atoms with Crippen molar-refractivity contribution in [3.05, 3.63) is 40.2 Å². The molecule has 1 atom stereocenters. The van der Waals surface area contributed by atoms with Crippen molar-refractivity contribution in [1.29, 1.82) is 0 Å². The summed E-state index contributed by atoms with van der Waals surface area (Å²) in [6.07, 6.45) is 0.834. The molecule has 1 unspecified atom stereocenters. The lowest BCUT2D eigenvalue weighted by molar-refractivity contribution is 0.0134.